The summed E-state index contributed by atoms with van der Waals surface area (Å²) < 4.78 is 26.5. The third kappa shape index (κ3) is 4.40. The standard InChI is InChI=1S/C22H38O2S/c1-3-5-7-9-11-15-21-17-13-14-18-22(20-19-21,25(21,23)24)16-12-10-8-6-4-2/h3-4H,1-2,5-20H2/t21-,22+. The summed E-state index contributed by atoms with van der Waals surface area (Å²) in [5, 5.41) is 0. The largest absolute Gasteiger partial charge is 0.228 e. The Hall–Kier alpha value is -0.570. The Balaban J connectivity index is 2.01. The maximum Gasteiger partial charge on any atom is 0.161 e. The van der Waals surface area contributed by atoms with E-state index in [0.717, 1.165) is 103 Å². The van der Waals surface area contributed by atoms with E-state index >= 15 is 0 Å². The first-order valence-electron chi connectivity index (χ1n) is 10.5. The summed E-state index contributed by atoms with van der Waals surface area (Å²) >= 11 is 0. The topological polar surface area (TPSA) is 34.1 Å². The van der Waals surface area contributed by atoms with Crippen LogP contribution in [0.5, 0.6) is 0 Å². The monoisotopic (exact) mass is 366 g/mol. The predicted octanol–water partition coefficient (Wildman–Crippen LogP) is 6.52. The summed E-state index contributed by atoms with van der Waals surface area (Å²) in [5.74, 6) is 0. The molecule has 0 N–H and O–H groups in total. The van der Waals surface area contributed by atoms with Crippen molar-refractivity contribution >= 4 is 9.84 Å². The lowest BCUT2D eigenvalue weighted by Crippen LogP contribution is -2.43. The number of unbranched alkanes of at least 4 members (excludes halogenated alkanes) is 6. The van der Waals surface area contributed by atoms with Crippen LogP contribution in [0.1, 0.15) is 103 Å². The molecule has 0 saturated carbocycles. The fourth-order valence-electron chi connectivity index (χ4n) is 5.19. The van der Waals surface area contributed by atoms with Crippen molar-refractivity contribution in [3.05, 3.63) is 25.3 Å². The van der Waals surface area contributed by atoms with Gasteiger partial charge in [0, 0.05) is 0 Å². The van der Waals surface area contributed by atoms with Crippen LogP contribution in [0.25, 0.3) is 0 Å². The maximum atomic E-state index is 13.6. The minimum Gasteiger partial charge on any atom is -0.228 e. The van der Waals surface area contributed by atoms with Gasteiger partial charge in [0.15, 0.2) is 9.84 Å². The molecule has 0 aromatic carbocycles. The Bertz CT molecular complexity index is 494. The van der Waals surface area contributed by atoms with Gasteiger partial charge in [0.2, 0.25) is 0 Å². The van der Waals surface area contributed by atoms with E-state index in [1.165, 1.54) is 0 Å². The zero-order valence-corrected chi connectivity index (χ0v) is 16.9. The van der Waals surface area contributed by atoms with Crippen LogP contribution < -0.4 is 0 Å². The molecule has 0 aromatic heterocycles. The summed E-state index contributed by atoms with van der Waals surface area (Å²) in [6, 6.07) is 0. The van der Waals surface area contributed by atoms with Crippen LogP contribution in [0, 0.1) is 0 Å². The second-order valence-electron chi connectivity index (χ2n) is 8.35. The fourth-order valence-corrected chi connectivity index (χ4v) is 8.50. The molecule has 2 atom stereocenters. The molecular weight excluding hydrogens is 328 g/mol. The van der Waals surface area contributed by atoms with Gasteiger partial charge < -0.3 is 0 Å². The molecule has 2 nitrogen and oxygen atoms in total. The summed E-state index contributed by atoms with van der Waals surface area (Å²) in [5.41, 5.74) is 0. The van der Waals surface area contributed by atoms with Crippen LogP contribution in [-0.2, 0) is 9.84 Å². The minimum absolute atomic E-state index is 0.390. The molecule has 2 fully saturated rings. The van der Waals surface area contributed by atoms with E-state index in [1.807, 2.05) is 12.2 Å². The zero-order valence-electron chi connectivity index (χ0n) is 16.1. The van der Waals surface area contributed by atoms with Gasteiger partial charge >= 0.3 is 0 Å². The lowest BCUT2D eigenvalue weighted by Gasteiger charge is -2.32. The van der Waals surface area contributed by atoms with E-state index in [-0.39, 0.29) is 0 Å². The highest BCUT2D eigenvalue weighted by molar-refractivity contribution is 7.94. The first kappa shape index (κ1) is 20.7. The predicted molar refractivity (Wildman–Crippen MR) is 109 cm³/mol. The van der Waals surface area contributed by atoms with Gasteiger partial charge in [-0.2, -0.15) is 0 Å². The number of fused-ring (bicyclic) bond motifs is 2. The van der Waals surface area contributed by atoms with Gasteiger partial charge in [-0.25, -0.2) is 8.42 Å². The van der Waals surface area contributed by atoms with Crippen molar-refractivity contribution in [3.63, 3.8) is 0 Å². The van der Waals surface area contributed by atoms with Gasteiger partial charge in [0.25, 0.3) is 0 Å². The molecule has 0 unspecified atom stereocenters. The molecule has 144 valence electrons. The summed E-state index contributed by atoms with van der Waals surface area (Å²) in [6.07, 6.45) is 20.4. The van der Waals surface area contributed by atoms with Crippen molar-refractivity contribution in [2.75, 3.05) is 0 Å². The van der Waals surface area contributed by atoms with Crippen molar-refractivity contribution < 1.29 is 8.42 Å². The van der Waals surface area contributed by atoms with Crippen molar-refractivity contribution in [2.24, 2.45) is 0 Å². The second kappa shape index (κ2) is 9.39. The third-order valence-corrected chi connectivity index (χ3v) is 10.3. The molecule has 2 aliphatic heterocycles. The molecule has 0 amide bonds. The molecule has 25 heavy (non-hydrogen) atoms. The van der Waals surface area contributed by atoms with Crippen molar-refractivity contribution in [1.29, 1.82) is 0 Å². The Morgan fingerprint density at radius 1 is 0.680 bits per heavy atom. The Labute approximate surface area is 156 Å². The number of hydrogen-bond donors (Lipinski definition) is 0. The van der Waals surface area contributed by atoms with Crippen LogP contribution in [0.2, 0.25) is 0 Å². The average Bonchev–Trinajstić information content (AvgIpc) is 2.72. The molecule has 0 aromatic rings. The highest BCUT2D eigenvalue weighted by atomic mass is 32.2. The molecule has 2 heterocycles. The number of sulfone groups is 1. The van der Waals surface area contributed by atoms with E-state index in [0.29, 0.717) is 0 Å². The lowest BCUT2D eigenvalue weighted by atomic mass is 9.81. The Morgan fingerprint density at radius 2 is 1.12 bits per heavy atom. The molecule has 2 aliphatic rings. The maximum absolute atomic E-state index is 13.6. The van der Waals surface area contributed by atoms with Crippen molar-refractivity contribution in [2.45, 2.75) is 112 Å². The van der Waals surface area contributed by atoms with Gasteiger partial charge in [-0.1, -0.05) is 50.7 Å². The smallest absolute Gasteiger partial charge is 0.161 e. The highest BCUT2D eigenvalue weighted by Gasteiger charge is 2.61. The first-order chi connectivity index (χ1) is 12.0. The van der Waals surface area contributed by atoms with Gasteiger partial charge in [-0.3, -0.25) is 0 Å². The minimum atomic E-state index is -3.01. The summed E-state index contributed by atoms with van der Waals surface area (Å²) in [7, 11) is -3.01. The lowest BCUT2D eigenvalue weighted by molar-refractivity contribution is 0.368. The number of hydrogen-bond acceptors (Lipinski definition) is 2. The first-order valence-corrected chi connectivity index (χ1v) is 12.0. The van der Waals surface area contributed by atoms with Crippen LogP contribution in [-0.4, -0.2) is 17.9 Å². The van der Waals surface area contributed by atoms with Crippen LogP contribution >= 0.6 is 0 Å². The van der Waals surface area contributed by atoms with Gasteiger partial charge in [-0.15, -0.1) is 13.2 Å². The number of allylic oxidation sites excluding steroid dienone is 2. The normalized spacial score (nSPS) is 30.7. The third-order valence-electron chi connectivity index (χ3n) is 6.77. The van der Waals surface area contributed by atoms with Crippen molar-refractivity contribution in [1.82, 2.24) is 0 Å². The van der Waals surface area contributed by atoms with Crippen LogP contribution in [0.15, 0.2) is 25.3 Å². The SMILES string of the molecule is C=CCCCCC[C@]12CCCC[C@](CCCCCC=C)(CC1)S2(=O)=O. The second-order valence-corrected chi connectivity index (χ2v) is 11.1. The summed E-state index contributed by atoms with van der Waals surface area (Å²) in [6.45, 7) is 7.55. The van der Waals surface area contributed by atoms with E-state index in [2.05, 4.69) is 13.2 Å². The molecule has 3 heteroatoms. The molecule has 0 spiro atoms. The molecule has 0 aliphatic carbocycles. The Morgan fingerprint density at radius 3 is 1.52 bits per heavy atom. The number of rotatable bonds is 12. The molecule has 2 saturated heterocycles. The summed E-state index contributed by atoms with van der Waals surface area (Å²) in [4.78, 5) is 0. The molecule has 2 bridgehead atoms. The molecule has 0 radical (unpaired) electrons. The van der Waals surface area contributed by atoms with Gasteiger partial charge in [-0.05, 0) is 64.2 Å². The van der Waals surface area contributed by atoms with Crippen LogP contribution in [0.4, 0.5) is 0 Å². The highest BCUT2D eigenvalue weighted by Crippen LogP contribution is 2.56. The van der Waals surface area contributed by atoms with E-state index in [9.17, 15) is 8.42 Å². The van der Waals surface area contributed by atoms with E-state index in [1.54, 1.807) is 0 Å². The Kier molecular flexibility index (Phi) is 7.79. The van der Waals surface area contributed by atoms with E-state index < -0.39 is 19.3 Å². The van der Waals surface area contributed by atoms with E-state index in [4.69, 9.17) is 0 Å². The van der Waals surface area contributed by atoms with Gasteiger partial charge in [0.05, 0.1) is 9.49 Å². The quantitative estimate of drug-likeness (QED) is 0.291. The van der Waals surface area contributed by atoms with Gasteiger partial charge in [0.1, 0.15) is 0 Å². The van der Waals surface area contributed by atoms with Crippen molar-refractivity contribution in [3.8, 4) is 0 Å². The molecular formula is C22H38O2S. The zero-order chi connectivity index (χ0) is 18.2. The average molecular weight is 367 g/mol. The van der Waals surface area contributed by atoms with Crippen LogP contribution in [0.3, 0.4) is 0 Å². The fraction of sp³-hybridized carbons (Fsp3) is 0.818. The molecule has 2 rings (SSSR count).